The van der Waals surface area contributed by atoms with Crippen LogP contribution in [0.3, 0.4) is 0 Å². The maximum atomic E-state index is 13.5. The normalized spacial score (nSPS) is 12.7. The zero-order valence-electron chi connectivity index (χ0n) is 19.0. The number of hydrogen-bond acceptors (Lipinski definition) is 4. The molecule has 1 aromatic carbocycles. The molecule has 29 heavy (non-hydrogen) atoms. The van der Waals surface area contributed by atoms with Crippen LogP contribution in [0.4, 0.5) is 0 Å². The van der Waals surface area contributed by atoms with Crippen molar-refractivity contribution in [2.45, 2.75) is 74.3 Å². The summed E-state index contributed by atoms with van der Waals surface area (Å²) in [7, 11) is 0. The maximum absolute atomic E-state index is 13.5. The molecule has 0 unspecified atom stereocenters. The lowest BCUT2D eigenvalue weighted by molar-refractivity contribution is 0.0424. The summed E-state index contributed by atoms with van der Waals surface area (Å²) in [6, 6.07) is 7.29. The number of hydrazine groups is 1. The van der Waals surface area contributed by atoms with Crippen molar-refractivity contribution in [2.75, 3.05) is 0 Å². The number of amides is 2. The number of benzene rings is 1. The molecule has 0 bridgehead atoms. The Morgan fingerprint density at radius 3 is 2.03 bits per heavy atom. The maximum Gasteiger partial charge on any atom is 0.278 e. The van der Waals surface area contributed by atoms with Crippen LogP contribution in [0.2, 0.25) is 0 Å². The van der Waals surface area contributed by atoms with E-state index in [0.29, 0.717) is 22.6 Å². The molecule has 1 N–H and O–H groups in total. The Kier molecular flexibility index (Phi) is 7.06. The van der Waals surface area contributed by atoms with Gasteiger partial charge in [0.25, 0.3) is 11.8 Å². The molecule has 1 aromatic heterocycles. The second-order valence-electron chi connectivity index (χ2n) is 8.99. The minimum atomic E-state index is -0.395. The fourth-order valence-electron chi connectivity index (χ4n) is 3.54. The molecular formula is C24H34N2O3. The lowest BCUT2D eigenvalue weighted by atomic mass is 9.84. The van der Waals surface area contributed by atoms with Crippen molar-refractivity contribution in [1.29, 1.82) is 0 Å². The molecule has 158 valence electrons. The monoisotopic (exact) mass is 398 g/mol. The van der Waals surface area contributed by atoms with E-state index in [4.69, 9.17) is 4.42 Å². The first-order valence-electron chi connectivity index (χ1n) is 10.2. The summed E-state index contributed by atoms with van der Waals surface area (Å²) in [5.74, 6) is 0.403. The van der Waals surface area contributed by atoms with Gasteiger partial charge in [-0.1, -0.05) is 51.3 Å². The zero-order valence-corrected chi connectivity index (χ0v) is 19.0. The third-order valence-electron chi connectivity index (χ3n) is 5.05. The summed E-state index contributed by atoms with van der Waals surface area (Å²) >= 11 is 0. The molecule has 0 aliphatic rings. The Hall–Kier alpha value is -2.40. The Morgan fingerprint density at radius 1 is 1.00 bits per heavy atom. The third-order valence-corrected chi connectivity index (χ3v) is 5.05. The molecule has 0 radical (unpaired) electrons. The molecular weight excluding hydrogens is 364 g/mol. The number of nitrogens with one attached hydrogen (secondary N) is 1. The zero-order chi connectivity index (χ0) is 21.9. The highest BCUT2D eigenvalue weighted by Gasteiger charge is 2.33. The average Bonchev–Trinajstić information content (AvgIpc) is 2.94. The van der Waals surface area contributed by atoms with Crippen LogP contribution in [0, 0.1) is 33.1 Å². The van der Waals surface area contributed by atoms with E-state index in [9.17, 15) is 9.59 Å². The van der Waals surface area contributed by atoms with Gasteiger partial charge in [0.1, 0.15) is 11.5 Å². The number of nitrogens with zero attached hydrogens (tertiary/aromatic N) is 1. The summed E-state index contributed by atoms with van der Waals surface area (Å²) in [6.07, 6.45) is 1.79. The van der Waals surface area contributed by atoms with Gasteiger partial charge in [0.05, 0.1) is 5.56 Å². The van der Waals surface area contributed by atoms with Gasteiger partial charge in [0, 0.05) is 11.6 Å². The molecule has 5 heteroatoms. The topological polar surface area (TPSA) is 62.6 Å². The summed E-state index contributed by atoms with van der Waals surface area (Å²) in [6.45, 7) is 15.9. The molecule has 1 atom stereocenters. The van der Waals surface area contributed by atoms with E-state index in [1.165, 1.54) is 5.01 Å². The van der Waals surface area contributed by atoms with Crippen LogP contribution in [0.25, 0.3) is 0 Å². The van der Waals surface area contributed by atoms with Gasteiger partial charge in [-0.05, 0) is 57.7 Å². The fourth-order valence-corrected chi connectivity index (χ4v) is 3.54. The highest BCUT2D eigenvalue weighted by Crippen LogP contribution is 2.25. The van der Waals surface area contributed by atoms with Crippen LogP contribution in [0.15, 0.2) is 28.7 Å². The largest absolute Gasteiger partial charge is 0.466 e. The predicted molar refractivity (Wildman–Crippen MR) is 116 cm³/mol. The minimum Gasteiger partial charge on any atom is -0.466 e. The van der Waals surface area contributed by atoms with Crippen molar-refractivity contribution >= 4 is 11.8 Å². The van der Waals surface area contributed by atoms with Crippen molar-refractivity contribution in [3.05, 3.63) is 58.0 Å². The van der Waals surface area contributed by atoms with Gasteiger partial charge in [-0.2, -0.15) is 0 Å². The molecule has 1 heterocycles. The van der Waals surface area contributed by atoms with Gasteiger partial charge in [-0.15, -0.1) is 0 Å². The molecule has 2 amide bonds. The van der Waals surface area contributed by atoms with Crippen LogP contribution < -0.4 is 5.43 Å². The van der Waals surface area contributed by atoms with Gasteiger partial charge in [0.15, 0.2) is 0 Å². The molecule has 0 spiro atoms. The highest BCUT2D eigenvalue weighted by atomic mass is 16.3. The molecule has 2 aromatic rings. The van der Waals surface area contributed by atoms with Crippen molar-refractivity contribution in [1.82, 2.24) is 10.4 Å². The quantitative estimate of drug-likeness (QED) is 0.514. The first-order chi connectivity index (χ1) is 13.4. The smallest absolute Gasteiger partial charge is 0.278 e. The van der Waals surface area contributed by atoms with E-state index in [2.05, 4.69) is 33.1 Å². The van der Waals surface area contributed by atoms with Gasteiger partial charge in [-0.25, -0.2) is 10.4 Å². The predicted octanol–water partition coefficient (Wildman–Crippen LogP) is 5.52. The average molecular weight is 399 g/mol. The van der Waals surface area contributed by atoms with Gasteiger partial charge >= 0.3 is 0 Å². The molecule has 0 aliphatic heterocycles. The van der Waals surface area contributed by atoms with Crippen LogP contribution in [-0.2, 0) is 0 Å². The van der Waals surface area contributed by atoms with E-state index in [0.717, 1.165) is 24.0 Å². The van der Waals surface area contributed by atoms with Gasteiger partial charge in [0.2, 0.25) is 0 Å². The Bertz CT molecular complexity index is 870. The molecule has 5 nitrogen and oxygen atoms in total. The number of hydrogen-bond donors (Lipinski definition) is 1. The second kappa shape index (κ2) is 8.95. The molecule has 0 fully saturated rings. The highest BCUT2D eigenvalue weighted by molar-refractivity contribution is 6.10. The van der Waals surface area contributed by atoms with E-state index in [1.54, 1.807) is 19.9 Å². The number of rotatable bonds is 6. The van der Waals surface area contributed by atoms with Crippen LogP contribution in [0.5, 0.6) is 0 Å². The summed E-state index contributed by atoms with van der Waals surface area (Å²) < 4.78 is 5.54. The molecule has 2 rings (SSSR count). The summed E-state index contributed by atoms with van der Waals surface area (Å²) in [5, 5.41) is 1.18. The molecule has 0 saturated carbocycles. The lowest BCUT2D eigenvalue weighted by Gasteiger charge is -2.35. The van der Waals surface area contributed by atoms with Crippen molar-refractivity contribution in [3.63, 3.8) is 0 Å². The van der Waals surface area contributed by atoms with Crippen molar-refractivity contribution < 1.29 is 14.0 Å². The molecule has 0 aliphatic carbocycles. The number of aryl methyl sites for hydroxylation is 4. The third kappa shape index (κ3) is 5.57. The second-order valence-corrected chi connectivity index (χ2v) is 8.99. The Morgan fingerprint density at radius 2 is 1.59 bits per heavy atom. The molecule has 0 saturated heterocycles. The standard InChI is InChI=1S/C24H34N2O3/c1-9-10-21(24(6,7)8)25-26(23(28)20-14-17(4)29-18(20)5)22(27)19-12-15(2)11-16(3)13-19/h11-14,21,25H,9-10H2,1-8H3/t21-/m1/s1. The van der Waals surface area contributed by atoms with Crippen molar-refractivity contribution in [3.8, 4) is 0 Å². The number of furan rings is 1. The number of carbonyl (C=O) groups is 2. The Balaban J connectivity index is 2.50. The SMILES string of the molecule is CCC[C@@H](NN(C(=O)c1cc(C)cc(C)c1)C(=O)c1cc(C)oc1C)C(C)(C)C. The lowest BCUT2D eigenvalue weighted by Crippen LogP contribution is -2.55. The van der Waals surface area contributed by atoms with Crippen LogP contribution in [0.1, 0.15) is 83.9 Å². The number of carbonyl (C=O) groups excluding carboxylic acids is 2. The summed E-state index contributed by atoms with van der Waals surface area (Å²) in [4.78, 5) is 26.9. The van der Waals surface area contributed by atoms with E-state index < -0.39 is 5.91 Å². The van der Waals surface area contributed by atoms with Crippen molar-refractivity contribution in [2.24, 2.45) is 5.41 Å². The van der Waals surface area contributed by atoms with Gasteiger partial charge < -0.3 is 4.42 Å². The van der Waals surface area contributed by atoms with Crippen LogP contribution in [-0.4, -0.2) is 22.9 Å². The van der Waals surface area contributed by atoms with Crippen LogP contribution >= 0.6 is 0 Å². The van der Waals surface area contributed by atoms with E-state index >= 15 is 0 Å². The first kappa shape index (κ1) is 22.9. The van der Waals surface area contributed by atoms with E-state index in [-0.39, 0.29) is 17.4 Å². The minimum absolute atomic E-state index is 0.0420. The fraction of sp³-hybridized carbons (Fsp3) is 0.500. The Labute approximate surface area is 174 Å². The van der Waals surface area contributed by atoms with E-state index in [1.807, 2.05) is 32.0 Å². The van der Waals surface area contributed by atoms with Gasteiger partial charge in [-0.3, -0.25) is 9.59 Å². The first-order valence-corrected chi connectivity index (χ1v) is 10.2. The summed E-state index contributed by atoms with van der Waals surface area (Å²) in [5.41, 5.74) is 5.99. The number of imide groups is 1.